The van der Waals surface area contributed by atoms with Crippen LogP contribution in [0.2, 0.25) is 0 Å². The molecule has 0 spiro atoms. The Labute approximate surface area is 159 Å². The first-order valence-electron chi connectivity index (χ1n) is 8.77. The Kier molecular flexibility index (Phi) is 5.06. The number of nitrogens with zero attached hydrogens (tertiary/aromatic N) is 1. The molecule has 1 atom stereocenters. The van der Waals surface area contributed by atoms with E-state index in [1.807, 2.05) is 24.3 Å². The van der Waals surface area contributed by atoms with Crippen molar-refractivity contribution in [2.24, 2.45) is 5.92 Å². The van der Waals surface area contributed by atoms with Crippen LogP contribution >= 0.6 is 0 Å². The molecule has 0 saturated carbocycles. The Hall–Kier alpha value is -2.67. The minimum atomic E-state index is -3.70. The molecule has 6 nitrogen and oxygen atoms in total. The Morgan fingerprint density at radius 2 is 1.81 bits per heavy atom. The molecule has 0 aliphatic carbocycles. The van der Waals surface area contributed by atoms with Gasteiger partial charge in [-0.1, -0.05) is 39.0 Å². The van der Waals surface area contributed by atoms with Gasteiger partial charge in [-0.05, 0) is 41.8 Å². The van der Waals surface area contributed by atoms with Gasteiger partial charge in [0.05, 0.1) is 17.4 Å². The molecular weight excluding hydrogens is 364 g/mol. The predicted octanol–water partition coefficient (Wildman–Crippen LogP) is 3.37. The average molecular weight is 386 g/mol. The molecule has 2 amide bonds. The van der Waals surface area contributed by atoms with Crippen molar-refractivity contribution in [1.29, 1.82) is 0 Å². The Balaban J connectivity index is 1.83. The Morgan fingerprint density at radius 3 is 2.37 bits per heavy atom. The van der Waals surface area contributed by atoms with Crippen LogP contribution in [0.4, 0.5) is 11.4 Å². The first-order chi connectivity index (χ1) is 12.7. The van der Waals surface area contributed by atoms with Gasteiger partial charge in [0.15, 0.2) is 0 Å². The summed E-state index contributed by atoms with van der Waals surface area (Å²) < 4.78 is 25.3. The number of anilines is 2. The van der Waals surface area contributed by atoms with Crippen molar-refractivity contribution < 1.29 is 18.0 Å². The van der Waals surface area contributed by atoms with Gasteiger partial charge in [-0.3, -0.25) is 9.59 Å². The standard InChI is InChI=1S/C20H22N2O4S/c1-13(2)15-7-9-17(10-8-15)21-19(23)16-5-4-6-18(11-16)22-20(24)14(3)12-27(22,25)26/h4-11,13-14H,12H2,1-3H3,(H,21,23). The van der Waals surface area contributed by atoms with E-state index in [4.69, 9.17) is 0 Å². The summed E-state index contributed by atoms with van der Waals surface area (Å²) in [6, 6.07) is 13.6. The predicted molar refractivity (Wildman–Crippen MR) is 105 cm³/mol. The van der Waals surface area contributed by atoms with Gasteiger partial charge < -0.3 is 5.32 Å². The molecular formula is C20H22N2O4S. The van der Waals surface area contributed by atoms with Crippen LogP contribution in [-0.4, -0.2) is 26.0 Å². The number of carbonyl (C=O) groups is 2. The van der Waals surface area contributed by atoms with Crippen LogP contribution in [0.3, 0.4) is 0 Å². The van der Waals surface area contributed by atoms with E-state index in [2.05, 4.69) is 19.2 Å². The van der Waals surface area contributed by atoms with E-state index in [9.17, 15) is 18.0 Å². The molecule has 1 heterocycles. The molecule has 1 unspecified atom stereocenters. The van der Waals surface area contributed by atoms with Crippen molar-refractivity contribution in [2.75, 3.05) is 15.4 Å². The SMILES string of the molecule is CC1CS(=O)(=O)N(c2cccc(C(=O)Nc3ccc(C(C)C)cc3)c2)C1=O. The average Bonchev–Trinajstić information content (AvgIpc) is 2.82. The summed E-state index contributed by atoms with van der Waals surface area (Å²) in [6.07, 6.45) is 0. The van der Waals surface area contributed by atoms with Gasteiger partial charge in [-0.25, -0.2) is 12.7 Å². The lowest BCUT2D eigenvalue weighted by molar-refractivity contribution is -0.119. The highest BCUT2D eigenvalue weighted by atomic mass is 32.2. The highest BCUT2D eigenvalue weighted by Crippen LogP contribution is 2.29. The molecule has 1 aliphatic heterocycles. The topological polar surface area (TPSA) is 83.6 Å². The zero-order valence-corrected chi connectivity index (χ0v) is 16.3. The summed E-state index contributed by atoms with van der Waals surface area (Å²) in [7, 11) is -3.70. The molecule has 27 heavy (non-hydrogen) atoms. The summed E-state index contributed by atoms with van der Waals surface area (Å²) >= 11 is 0. The normalized spacial score (nSPS) is 18.7. The molecule has 7 heteroatoms. The van der Waals surface area contributed by atoms with E-state index in [0.29, 0.717) is 11.6 Å². The largest absolute Gasteiger partial charge is 0.322 e. The van der Waals surface area contributed by atoms with Crippen molar-refractivity contribution in [3.8, 4) is 0 Å². The lowest BCUT2D eigenvalue weighted by atomic mass is 10.0. The number of hydrogen-bond acceptors (Lipinski definition) is 4. The van der Waals surface area contributed by atoms with E-state index in [1.165, 1.54) is 17.7 Å². The monoisotopic (exact) mass is 386 g/mol. The van der Waals surface area contributed by atoms with Crippen LogP contribution in [0, 0.1) is 5.92 Å². The lowest BCUT2D eigenvalue weighted by Crippen LogP contribution is -2.30. The van der Waals surface area contributed by atoms with Crippen LogP contribution in [0.25, 0.3) is 0 Å². The fourth-order valence-corrected chi connectivity index (χ4v) is 4.83. The molecule has 2 aromatic carbocycles. The van der Waals surface area contributed by atoms with Gasteiger partial charge in [0.1, 0.15) is 0 Å². The molecule has 1 aliphatic rings. The number of benzene rings is 2. The second-order valence-electron chi connectivity index (χ2n) is 7.06. The van der Waals surface area contributed by atoms with Crippen LogP contribution in [0.15, 0.2) is 48.5 Å². The Morgan fingerprint density at radius 1 is 1.15 bits per heavy atom. The number of hydrogen-bond donors (Lipinski definition) is 1. The van der Waals surface area contributed by atoms with Crippen LogP contribution in [0.5, 0.6) is 0 Å². The van der Waals surface area contributed by atoms with Crippen molar-refractivity contribution in [3.05, 3.63) is 59.7 Å². The van der Waals surface area contributed by atoms with Gasteiger partial charge in [0, 0.05) is 11.3 Å². The third-order valence-electron chi connectivity index (χ3n) is 4.54. The maximum Gasteiger partial charge on any atom is 0.255 e. The molecule has 0 bridgehead atoms. The maximum absolute atomic E-state index is 12.5. The number of sulfonamides is 1. The first kappa shape index (κ1) is 19.1. The van der Waals surface area contributed by atoms with Gasteiger partial charge >= 0.3 is 0 Å². The number of carbonyl (C=O) groups excluding carboxylic acids is 2. The van der Waals surface area contributed by atoms with Crippen molar-refractivity contribution in [2.45, 2.75) is 26.7 Å². The quantitative estimate of drug-likeness (QED) is 0.873. The van der Waals surface area contributed by atoms with Crippen molar-refractivity contribution >= 4 is 33.2 Å². The second kappa shape index (κ2) is 7.15. The highest BCUT2D eigenvalue weighted by Gasteiger charge is 2.42. The van der Waals surface area contributed by atoms with E-state index >= 15 is 0 Å². The fraction of sp³-hybridized carbons (Fsp3) is 0.300. The van der Waals surface area contributed by atoms with Gasteiger partial charge in [0.25, 0.3) is 5.91 Å². The molecule has 1 saturated heterocycles. The molecule has 0 radical (unpaired) electrons. The summed E-state index contributed by atoms with van der Waals surface area (Å²) in [5.41, 5.74) is 2.28. The van der Waals surface area contributed by atoms with Crippen molar-refractivity contribution in [1.82, 2.24) is 0 Å². The number of rotatable bonds is 4. The zero-order chi connectivity index (χ0) is 19.8. The van der Waals surface area contributed by atoms with E-state index in [0.717, 1.165) is 4.31 Å². The zero-order valence-electron chi connectivity index (χ0n) is 15.5. The molecule has 3 rings (SSSR count). The molecule has 0 aromatic heterocycles. The molecule has 142 valence electrons. The number of amides is 2. The molecule has 1 N–H and O–H groups in total. The molecule has 1 fully saturated rings. The highest BCUT2D eigenvalue weighted by molar-refractivity contribution is 7.94. The first-order valence-corrected chi connectivity index (χ1v) is 10.4. The van der Waals surface area contributed by atoms with E-state index in [1.54, 1.807) is 19.1 Å². The number of nitrogens with one attached hydrogen (secondary N) is 1. The van der Waals surface area contributed by atoms with Gasteiger partial charge in [-0.15, -0.1) is 0 Å². The maximum atomic E-state index is 12.5. The summed E-state index contributed by atoms with van der Waals surface area (Å²) in [6.45, 7) is 5.76. The van der Waals surface area contributed by atoms with Crippen molar-refractivity contribution in [3.63, 3.8) is 0 Å². The second-order valence-corrected chi connectivity index (χ2v) is 8.93. The minimum absolute atomic E-state index is 0.187. The van der Waals surface area contributed by atoms with E-state index < -0.39 is 21.8 Å². The fourth-order valence-electron chi connectivity index (χ4n) is 3.01. The minimum Gasteiger partial charge on any atom is -0.322 e. The smallest absolute Gasteiger partial charge is 0.255 e. The summed E-state index contributed by atoms with van der Waals surface area (Å²) in [4.78, 5) is 24.8. The summed E-state index contributed by atoms with van der Waals surface area (Å²) in [5, 5.41) is 2.79. The van der Waals surface area contributed by atoms with Crippen LogP contribution in [-0.2, 0) is 14.8 Å². The lowest BCUT2D eigenvalue weighted by Gasteiger charge is -2.16. The van der Waals surface area contributed by atoms with Gasteiger partial charge in [-0.2, -0.15) is 0 Å². The van der Waals surface area contributed by atoms with Crippen LogP contribution < -0.4 is 9.62 Å². The summed E-state index contributed by atoms with van der Waals surface area (Å²) in [5.74, 6) is -1.26. The van der Waals surface area contributed by atoms with E-state index in [-0.39, 0.29) is 22.9 Å². The Bertz CT molecular complexity index is 981. The third kappa shape index (κ3) is 3.88. The molecule has 2 aromatic rings. The third-order valence-corrected chi connectivity index (χ3v) is 6.41. The van der Waals surface area contributed by atoms with Gasteiger partial charge in [0.2, 0.25) is 15.9 Å². The van der Waals surface area contributed by atoms with Crippen LogP contribution in [0.1, 0.15) is 42.6 Å².